The van der Waals surface area contributed by atoms with Gasteiger partial charge in [-0.15, -0.1) is 0 Å². The molecule has 0 saturated carbocycles. The maximum Gasteiger partial charge on any atom is 0.288 e. The van der Waals surface area contributed by atoms with Crippen LogP contribution in [0.15, 0.2) is 97.6 Å². The Bertz CT molecular complexity index is 1090. The number of hydrazine groups is 2. The summed E-state index contributed by atoms with van der Waals surface area (Å²) < 4.78 is 0. The minimum atomic E-state index is -0.486. The van der Waals surface area contributed by atoms with Gasteiger partial charge in [0.25, 0.3) is 23.6 Å². The fraction of sp³-hybridized carbons (Fsp3) is 0.0400. The molecule has 197 valence electrons. The molecular weight excluding hydrogens is 535 g/mol. The summed E-state index contributed by atoms with van der Waals surface area (Å²) in [5.41, 5.74) is 9.91. The Morgan fingerprint density at radius 1 is 0.421 bits per heavy atom. The van der Waals surface area contributed by atoms with Crippen LogP contribution in [0.3, 0.4) is 0 Å². The van der Waals surface area contributed by atoms with Gasteiger partial charge in [0.2, 0.25) is 0 Å². The first-order chi connectivity index (χ1) is 17.5. The molecule has 0 atom stereocenters. The van der Waals surface area contributed by atoms with E-state index in [1.807, 2.05) is 0 Å². The van der Waals surface area contributed by atoms with Crippen LogP contribution in [-0.2, 0) is 16.8 Å². The predicted molar refractivity (Wildman–Crippen MR) is 134 cm³/mol. The molecule has 38 heavy (non-hydrogen) atoms. The van der Waals surface area contributed by atoms with Crippen LogP contribution in [0.5, 0.6) is 0 Å². The van der Waals surface area contributed by atoms with Gasteiger partial charge in [0, 0.05) is 41.6 Å². The van der Waals surface area contributed by atoms with Gasteiger partial charge < -0.3 is 0 Å². The molecular formula is C25H24CoN8O4. The van der Waals surface area contributed by atoms with E-state index in [4.69, 9.17) is 0 Å². The van der Waals surface area contributed by atoms with Crippen molar-refractivity contribution in [2.24, 2.45) is 0 Å². The topological polar surface area (TPSA) is 168 Å². The molecule has 4 rings (SSSR count). The van der Waals surface area contributed by atoms with E-state index < -0.39 is 23.6 Å². The summed E-state index contributed by atoms with van der Waals surface area (Å²) in [5.74, 6) is -1.94. The smallest absolute Gasteiger partial charge is 0.266 e. The van der Waals surface area contributed by atoms with Crippen LogP contribution in [-0.4, -0.2) is 43.6 Å². The van der Waals surface area contributed by atoms with Crippen molar-refractivity contribution in [1.82, 2.24) is 41.6 Å². The van der Waals surface area contributed by atoms with Crippen LogP contribution in [0.1, 0.15) is 49.4 Å². The summed E-state index contributed by atoms with van der Waals surface area (Å²) in [5, 5.41) is 0. The first-order valence-electron chi connectivity index (χ1n) is 10.4. The second-order valence-electron chi connectivity index (χ2n) is 6.68. The third-order valence-corrected chi connectivity index (χ3v) is 4.17. The van der Waals surface area contributed by atoms with E-state index in [1.165, 1.54) is 24.8 Å². The normalized spacial score (nSPS) is 9.05. The van der Waals surface area contributed by atoms with Crippen molar-refractivity contribution in [3.05, 3.63) is 120 Å². The monoisotopic (exact) mass is 559 g/mol. The van der Waals surface area contributed by atoms with Crippen molar-refractivity contribution in [3.8, 4) is 0 Å². The Kier molecular flexibility index (Phi) is 13.6. The number of pyridine rings is 4. The standard InChI is InChI=1S/2C12H10N4O2.CH4.Co/c2*17-11(9-5-1-3-7-13-9)15-16-12(18)10-6-2-4-8-14-10;;/h2*1-8H,(H,15,17)(H,16,18);1H4;. The molecule has 0 bridgehead atoms. The van der Waals surface area contributed by atoms with E-state index in [0.717, 1.165) is 0 Å². The zero-order chi connectivity index (χ0) is 25.6. The van der Waals surface area contributed by atoms with Gasteiger partial charge in [-0.25, -0.2) is 0 Å². The van der Waals surface area contributed by atoms with E-state index in [0.29, 0.717) is 0 Å². The van der Waals surface area contributed by atoms with E-state index in [2.05, 4.69) is 41.6 Å². The molecule has 0 fully saturated rings. The summed E-state index contributed by atoms with van der Waals surface area (Å²) in [4.78, 5) is 61.7. The number of amides is 4. The van der Waals surface area contributed by atoms with E-state index in [9.17, 15) is 19.2 Å². The minimum absolute atomic E-state index is 0. The van der Waals surface area contributed by atoms with Gasteiger partial charge in [0.15, 0.2) is 0 Å². The van der Waals surface area contributed by atoms with Crippen molar-refractivity contribution in [1.29, 1.82) is 0 Å². The Morgan fingerprint density at radius 2 is 0.632 bits per heavy atom. The molecule has 0 saturated heterocycles. The molecule has 4 heterocycles. The van der Waals surface area contributed by atoms with E-state index in [-0.39, 0.29) is 47.0 Å². The molecule has 0 unspecified atom stereocenters. The van der Waals surface area contributed by atoms with Gasteiger partial charge in [-0.05, 0) is 48.5 Å². The number of hydrogen-bond donors (Lipinski definition) is 4. The summed E-state index contributed by atoms with van der Waals surface area (Å²) in [6, 6.07) is 19.7. The SMILES string of the molecule is C.O=C(NNC(=O)c1ccccn1)c1ccccn1.O=C(NNC(=O)c1ccccn1)c1ccccn1.[Co]. The van der Waals surface area contributed by atoms with Gasteiger partial charge in [-0.1, -0.05) is 31.7 Å². The van der Waals surface area contributed by atoms with Crippen molar-refractivity contribution >= 4 is 23.6 Å². The third kappa shape index (κ3) is 9.92. The third-order valence-electron chi connectivity index (χ3n) is 4.17. The quantitative estimate of drug-likeness (QED) is 0.274. The van der Waals surface area contributed by atoms with Gasteiger partial charge in [-0.3, -0.25) is 60.8 Å². The molecule has 12 nitrogen and oxygen atoms in total. The minimum Gasteiger partial charge on any atom is -0.266 e. The Hall–Kier alpha value is -5.01. The zero-order valence-corrected chi connectivity index (χ0v) is 20.0. The van der Waals surface area contributed by atoms with Crippen LogP contribution < -0.4 is 21.7 Å². The summed E-state index contributed by atoms with van der Waals surface area (Å²) in [6.45, 7) is 0. The molecule has 4 aromatic rings. The Morgan fingerprint density at radius 3 is 0.789 bits per heavy atom. The van der Waals surface area contributed by atoms with Gasteiger partial charge in [0.05, 0.1) is 0 Å². The molecule has 0 aliphatic carbocycles. The molecule has 13 heteroatoms. The molecule has 0 aliphatic heterocycles. The van der Waals surface area contributed by atoms with Crippen molar-refractivity contribution < 1.29 is 36.0 Å². The van der Waals surface area contributed by atoms with Gasteiger partial charge in [0.1, 0.15) is 22.8 Å². The fourth-order valence-electron chi connectivity index (χ4n) is 2.47. The molecule has 4 aromatic heterocycles. The number of rotatable bonds is 4. The number of aromatic nitrogens is 4. The van der Waals surface area contributed by atoms with E-state index >= 15 is 0 Å². The largest absolute Gasteiger partial charge is 0.288 e. The van der Waals surface area contributed by atoms with Crippen LogP contribution >= 0.6 is 0 Å². The Balaban J connectivity index is 0.000000361. The maximum atomic E-state index is 11.6. The molecule has 4 amide bonds. The van der Waals surface area contributed by atoms with Gasteiger partial charge in [-0.2, -0.15) is 0 Å². The number of nitrogens with zero attached hydrogens (tertiary/aromatic N) is 4. The van der Waals surface area contributed by atoms with Crippen LogP contribution in [0, 0.1) is 0 Å². The van der Waals surface area contributed by atoms with Crippen molar-refractivity contribution in [3.63, 3.8) is 0 Å². The fourth-order valence-corrected chi connectivity index (χ4v) is 2.47. The van der Waals surface area contributed by atoms with Gasteiger partial charge >= 0.3 is 0 Å². The van der Waals surface area contributed by atoms with Crippen LogP contribution in [0.4, 0.5) is 0 Å². The summed E-state index contributed by atoms with van der Waals surface area (Å²) >= 11 is 0. The molecule has 0 spiro atoms. The number of nitrogens with one attached hydrogen (secondary N) is 4. The second-order valence-corrected chi connectivity index (χ2v) is 6.68. The predicted octanol–water partition coefficient (Wildman–Crippen LogP) is 1.74. The molecule has 1 radical (unpaired) electrons. The molecule has 0 aromatic carbocycles. The number of carbonyl (C=O) groups is 4. The van der Waals surface area contributed by atoms with Crippen LogP contribution in [0.25, 0.3) is 0 Å². The van der Waals surface area contributed by atoms with E-state index in [1.54, 1.807) is 72.8 Å². The maximum absolute atomic E-state index is 11.6. The average molecular weight is 559 g/mol. The van der Waals surface area contributed by atoms with Crippen molar-refractivity contribution in [2.75, 3.05) is 0 Å². The first-order valence-corrected chi connectivity index (χ1v) is 10.4. The van der Waals surface area contributed by atoms with Crippen molar-refractivity contribution in [2.45, 2.75) is 7.43 Å². The second kappa shape index (κ2) is 16.6. The molecule has 4 N–H and O–H groups in total. The summed E-state index contributed by atoms with van der Waals surface area (Å²) in [6.07, 6.45) is 5.98. The average Bonchev–Trinajstić information content (AvgIpc) is 2.96. The number of carbonyl (C=O) groups excluding carboxylic acids is 4. The zero-order valence-electron chi connectivity index (χ0n) is 19.0. The molecule has 0 aliphatic rings. The first kappa shape index (κ1) is 31.0. The van der Waals surface area contributed by atoms with Crippen LogP contribution in [0.2, 0.25) is 0 Å². The number of hydrogen-bond acceptors (Lipinski definition) is 8. The summed E-state index contributed by atoms with van der Waals surface area (Å²) in [7, 11) is 0. The Labute approximate surface area is 228 Å².